The lowest BCUT2D eigenvalue weighted by molar-refractivity contribution is 0.112. The van der Waals surface area contributed by atoms with Gasteiger partial charge in [0.15, 0.2) is 6.29 Å². The number of carbonyl (C=O) groups excluding carboxylic acids is 1. The summed E-state index contributed by atoms with van der Waals surface area (Å²) in [7, 11) is 0. The Kier molecular flexibility index (Phi) is 4.26. The number of thioether (sulfide) groups is 1. The van der Waals surface area contributed by atoms with Crippen molar-refractivity contribution >= 4 is 24.1 Å². The highest BCUT2D eigenvalue weighted by Crippen LogP contribution is 2.17. The largest absolute Gasteiger partial charge is 0.507 e. The first-order chi connectivity index (χ1) is 6.77. The molecule has 1 aromatic carbocycles. The smallest absolute Gasteiger partial charge is 0.153 e. The third kappa shape index (κ3) is 2.92. The van der Waals surface area contributed by atoms with Crippen molar-refractivity contribution in [3.8, 4) is 5.75 Å². The first-order valence-electron chi connectivity index (χ1n) is 4.21. The fourth-order valence-electron chi connectivity index (χ4n) is 1.05. The third-order valence-corrected chi connectivity index (χ3v) is 2.28. The molecule has 74 valence electrons. The van der Waals surface area contributed by atoms with Gasteiger partial charge in [0.25, 0.3) is 0 Å². The summed E-state index contributed by atoms with van der Waals surface area (Å²) in [6, 6.07) is 4.97. The zero-order valence-electron chi connectivity index (χ0n) is 7.93. The average molecular weight is 208 g/mol. The van der Waals surface area contributed by atoms with Crippen LogP contribution >= 0.6 is 11.8 Å². The molecule has 3 heteroatoms. The van der Waals surface area contributed by atoms with Gasteiger partial charge in [0.1, 0.15) is 5.75 Å². The average Bonchev–Trinajstić information content (AvgIpc) is 2.21. The molecule has 0 aromatic heterocycles. The lowest BCUT2D eigenvalue weighted by Crippen LogP contribution is -1.82. The number of phenolic OH excluding ortho intramolecular Hbond substituents is 1. The zero-order chi connectivity index (χ0) is 10.4. The molecule has 1 rings (SSSR count). The standard InChI is InChI=1S/C11H12O2S/c1-14-6-2-3-9-4-5-11(13)10(7-9)8-12/h2-5,7-8,13H,6H2,1H3/b3-2+. The second kappa shape index (κ2) is 5.50. The molecule has 0 spiro atoms. The molecule has 0 aliphatic carbocycles. The molecule has 0 unspecified atom stereocenters. The molecule has 0 fully saturated rings. The molecule has 0 amide bonds. The Balaban J connectivity index is 2.84. The van der Waals surface area contributed by atoms with Crippen molar-refractivity contribution in [2.24, 2.45) is 0 Å². The molecular formula is C11H12O2S. The fourth-order valence-corrected chi connectivity index (χ4v) is 1.34. The Morgan fingerprint density at radius 3 is 2.93 bits per heavy atom. The van der Waals surface area contributed by atoms with Gasteiger partial charge in [-0.1, -0.05) is 18.2 Å². The molecule has 1 N–H and O–H groups in total. The first-order valence-corrected chi connectivity index (χ1v) is 5.61. The molecular weight excluding hydrogens is 196 g/mol. The number of aldehydes is 1. The van der Waals surface area contributed by atoms with Crippen LogP contribution in [0.5, 0.6) is 5.75 Å². The van der Waals surface area contributed by atoms with Crippen molar-refractivity contribution in [2.45, 2.75) is 0 Å². The number of aromatic hydroxyl groups is 1. The molecule has 0 radical (unpaired) electrons. The van der Waals surface area contributed by atoms with Gasteiger partial charge in [-0.15, -0.1) is 0 Å². The minimum atomic E-state index is 0.0296. The van der Waals surface area contributed by atoms with E-state index in [-0.39, 0.29) is 5.75 Å². The van der Waals surface area contributed by atoms with Gasteiger partial charge in [0.2, 0.25) is 0 Å². The van der Waals surface area contributed by atoms with Crippen LogP contribution in [0.2, 0.25) is 0 Å². The summed E-state index contributed by atoms with van der Waals surface area (Å²) in [4.78, 5) is 10.5. The minimum absolute atomic E-state index is 0.0296. The molecule has 0 bridgehead atoms. The highest BCUT2D eigenvalue weighted by molar-refractivity contribution is 7.98. The molecule has 0 heterocycles. The van der Waals surface area contributed by atoms with Crippen LogP contribution in [-0.4, -0.2) is 23.4 Å². The van der Waals surface area contributed by atoms with Crippen molar-refractivity contribution in [2.75, 3.05) is 12.0 Å². The molecule has 0 aliphatic rings. The van der Waals surface area contributed by atoms with Gasteiger partial charge in [-0.05, 0) is 24.0 Å². The SMILES string of the molecule is CSC/C=C/c1ccc(O)c(C=O)c1. The van der Waals surface area contributed by atoms with E-state index in [0.717, 1.165) is 11.3 Å². The Labute approximate surface area is 87.6 Å². The number of hydrogen-bond acceptors (Lipinski definition) is 3. The van der Waals surface area contributed by atoms with Crippen molar-refractivity contribution in [3.05, 3.63) is 35.4 Å². The highest BCUT2D eigenvalue weighted by atomic mass is 32.2. The summed E-state index contributed by atoms with van der Waals surface area (Å²) < 4.78 is 0. The van der Waals surface area contributed by atoms with Gasteiger partial charge in [-0.25, -0.2) is 0 Å². The second-order valence-corrected chi connectivity index (χ2v) is 3.70. The molecule has 0 saturated carbocycles. The molecule has 0 aliphatic heterocycles. The Hall–Kier alpha value is -1.22. The maximum Gasteiger partial charge on any atom is 0.153 e. The van der Waals surface area contributed by atoms with Crippen molar-refractivity contribution in [1.82, 2.24) is 0 Å². The monoisotopic (exact) mass is 208 g/mol. The summed E-state index contributed by atoms with van der Waals surface area (Å²) in [6.07, 6.45) is 6.63. The summed E-state index contributed by atoms with van der Waals surface area (Å²) in [5, 5.41) is 9.25. The lowest BCUT2D eigenvalue weighted by atomic mass is 10.1. The maximum atomic E-state index is 10.5. The predicted octanol–water partition coefficient (Wildman–Crippen LogP) is 2.58. The van der Waals surface area contributed by atoms with Gasteiger partial charge >= 0.3 is 0 Å². The van der Waals surface area contributed by atoms with Gasteiger partial charge < -0.3 is 5.11 Å². The maximum absolute atomic E-state index is 10.5. The van der Waals surface area contributed by atoms with Crippen molar-refractivity contribution in [3.63, 3.8) is 0 Å². The number of rotatable bonds is 4. The van der Waals surface area contributed by atoms with E-state index in [1.807, 2.05) is 18.4 Å². The normalized spacial score (nSPS) is 10.6. The Morgan fingerprint density at radius 1 is 1.50 bits per heavy atom. The van der Waals surface area contributed by atoms with Gasteiger partial charge in [0.05, 0.1) is 5.56 Å². The van der Waals surface area contributed by atoms with E-state index in [0.29, 0.717) is 11.8 Å². The van der Waals surface area contributed by atoms with Gasteiger partial charge in [-0.2, -0.15) is 11.8 Å². The predicted molar refractivity (Wildman–Crippen MR) is 60.9 cm³/mol. The quantitative estimate of drug-likeness (QED) is 0.773. The van der Waals surface area contributed by atoms with E-state index in [1.165, 1.54) is 6.07 Å². The molecule has 1 aromatic rings. The molecule has 0 atom stereocenters. The van der Waals surface area contributed by atoms with Crippen molar-refractivity contribution in [1.29, 1.82) is 0 Å². The summed E-state index contributed by atoms with van der Waals surface area (Å²) in [5.74, 6) is 0.971. The van der Waals surface area contributed by atoms with E-state index >= 15 is 0 Å². The van der Waals surface area contributed by atoms with E-state index < -0.39 is 0 Å². The van der Waals surface area contributed by atoms with Crippen LogP contribution < -0.4 is 0 Å². The molecule has 0 saturated heterocycles. The topological polar surface area (TPSA) is 37.3 Å². The van der Waals surface area contributed by atoms with Crippen molar-refractivity contribution < 1.29 is 9.90 Å². The summed E-state index contributed by atoms with van der Waals surface area (Å²) in [5.41, 5.74) is 1.26. The van der Waals surface area contributed by atoms with Crippen LogP contribution in [0.1, 0.15) is 15.9 Å². The first kappa shape index (κ1) is 10.9. The van der Waals surface area contributed by atoms with E-state index in [9.17, 15) is 9.90 Å². The number of benzene rings is 1. The second-order valence-electron chi connectivity index (χ2n) is 2.79. The summed E-state index contributed by atoms with van der Waals surface area (Å²) >= 11 is 1.73. The third-order valence-electron chi connectivity index (χ3n) is 1.75. The van der Waals surface area contributed by atoms with Crippen LogP contribution in [0, 0.1) is 0 Å². The number of carbonyl (C=O) groups is 1. The molecule has 2 nitrogen and oxygen atoms in total. The minimum Gasteiger partial charge on any atom is -0.507 e. The molecule has 14 heavy (non-hydrogen) atoms. The van der Waals surface area contributed by atoms with Gasteiger partial charge in [-0.3, -0.25) is 4.79 Å². The summed E-state index contributed by atoms with van der Waals surface area (Å²) in [6.45, 7) is 0. The lowest BCUT2D eigenvalue weighted by Gasteiger charge is -1.98. The van der Waals surface area contributed by atoms with Gasteiger partial charge in [0, 0.05) is 5.75 Å². The van der Waals surface area contributed by atoms with E-state index in [2.05, 4.69) is 0 Å². The Bertz CT molecular complexity index is 345. The number of phenols is 1. The van der Waals surface area contributed by atoms with Crippen LogP contribution in [-0.2, 0) is 0 Å². The van der Waals surface area contributed by atoms with Crippen LogP contribution in [0.3, 0.4) is 0 Å². The zero-order valence-corrected chi connectivity index (χ0v) is 8.75. The van der Waals surface area contributed by atoms with Crippen LogP contribution in [0.25, 0.3) is 6.08 Å². The fraction of sp³-hybridized carbons (Fsp3) is 0.182. The van der Waals surface area contributed by atoms with E-state index in [1.54, 1.807) is 23.9 Å². The van der Waals surface area contributed by atoms with E-state index in [4.69, 9.17) is 0 Å². The highest BCUT2D eigenvalue weighted by Gasteiger charge is 1.98. The van der Waals surface area contributed by atoms with Crippen LogP contribution in [0.4, 0.5) is 0 Å². The Morgan fingerprint density at radius 2 is 2.29 bits per heavy atom. The van der Waals surface area contributed by atoms with Crippen LogP contribution in [0.15, 0.2) is 24.3 Å². The number of hydrogen-bond donors (Lipinski definition) is 1.